The molecule has 4 rings (SSSR count). The fourth-order valence-corrected chi connectivity index (χ4v) is 5.84. The Bertz CT molecular complexity index is 1390. The highest BCUT2D eigenvalue weighted by Gasteiger charge is 2.31. The summed E-state index contributed by atoms with van der Waals surface area (Å²) in [5.74, 6) is -0.458. The molecule has 2 heterocycles. The quantitative estimate of drug-likeness (QED) is 0.479. The number of carbonyl (C=O) groups excluding carboxylic acids is 2. The summed E-state index contributed by atoms with van der Waals surface area (Å²) in [6.45, 7) is 5.72. The molecule has 0 spiro atoms. The predicted molar refractivity (Wildman–Crippen MR) is 129 cm³/mol. The molecule has 1 saturated heterocycles. The van der Waals surface area contributed by atoms with Crippen LogP contribution in [0.2, 0.25) is 0 Å². The number of ether oxygens (including phenoxy) is 2. The van der Waals surface area contributed by atoms with Crippen molar-refractivity contribution >= 4 is 32.9 Å². The van der Waals surface area contributed by atoms with Crippen LogP contribution >= 0.6 is 0 Å². The van der Waals surface area contributed by atoms with Crippen molar-refractivity contribution in [1.82, 2.24) is 9.21 Å². The molecule has 0 bridgehead atoms. The molecular formula is C25H28N2O7S. The highest BCUT2D eigenvalue weighted by Crippen LogP contribution is 2.29. The fourth-order valence-electron chi connectivity index (χ4n) is 4.21. The molecule has 0 unspecified atom stereocenters. The van der Waals surface area contributed by atoms with E-state index in [4.69, 9.17) is 13.9 Å². The summed E-state index contributed by atoms with van der Waals surface area (Å²) in [6, 6.07) is 10.4. The van der Waals surface area contributed by atoms with Crippen LogP contribution in [-0.4, -0.2) is 69.4 Å². The number of carbonyl (C=O) groups is 2. The summed E-state index contributed by atoms with van der Waals surface area (Å²) >= 11 is 0. The van der Waals surface area contributed by atoms with Gasteiger partial charge in [0.2, 0.25) is 15.8 Å². The molecule has 9 nitrogen and oxygen atoms in total. The van der Waals surface area contributed by atoms with Gasteiger partial charge in [-0.15, -0.1) is 0 Å². The molecular weight excluding hydrogens is 472 g/mol. The topological polar surface area (TPSA) is 106 Å². The molecule has 10 heteroatoms. The first-order valence-electron chi connectivity index (χ1n) is 11.2. The Hall–Kier alpha value is -3.37. The molecule has 0 saturated carbocycles. The van der Waals surface area contributed by atoms with E-state index in [1.165, 1.54) is 9.21 Å². The highest BCUT2D eigenvalue weighted by molar-refractivity contribution is 7.89. The van der Waals surface area contributed by atoms with Crippen LogP contribution in [0.3, 0.4) is 0 Å². The minimum Gasteiger partial charge on any atom is -0.497 e. The number of fused-ring (bicyclic) bond motifs is 1. The van der Waals surface area contributed by atoms with Gasteiger partial charge in [0.15, 0.2) is 6.61 Å². The summed E-state index contributed by atoms with van der Waals surface area (Å²) < 4.78 is 43.5. The Labute approximate surface area is 204 Å². The van der Waals surface area contributed by atoms with Crippen molar-refractivity contribution in [3.63, 3.8) is 0 Å². The number of amides is 1. The van der Waals surface area contributed by atoms with Gasteiger partial charge in [0.1, 0.15) is 11.3 Å². The van der Waals surface area contributed by atoms with E-state index in [1.54, 1.807) is 51.3 Å². The van der Waals surface area contributed by atoms with Gasteiger partial charge in [-0.25, -0.2) is 13.2 Å². The van der Waals surface area contributed by atoms with Gasteiger partial charge in [-0.3, -0.25) is 4.79 Å². The van der Waals surface area contributed by atoms with Crippen LogP contribution in [0.25, 0.3) is 11.0 Å². The molecule has 35 heavy (non-hydrogen) atoms. The monoisotopic (exact) mass is 500 g/mol. The van der Waals surface area contributed by atoms with Crippen molar-refractivity contribution in [1.29, 1.82) is 0 Å². The second kappa shape index (κ2) is 9.71. The second-order valence-corrected chi connectivity index (χ2v) is 10.5. The largest absolute Gasteiger partial charge is 0.497 e. The Morgan fingerprint density at radius 3 is 2.37 bits per heavy atom. The number of aryl methyl sites for hydroxylation is 3. The van der Waals surface area contributed by atoms with Crippen molar-refractivity contribution < 1.29 is 31.9 Å². The summed E-state index contributed by atoms with van der Waals surface area (Å²) in [7, 11) is -2.10. The number of hydrogen-bond donors (Lipinski definition) is 0. The van der Waals surface area contributed by atoms with E-state index in [9.17, 15) is 18.0 Å². The number of hydrogen-bond acceptors (Lipinski definition) is 7. The second-order valence-electron chi connectivity index (χ2n) is 8.55. The van der Waals surface area contributed by atoms with Crippen LogP contribution in [0.1, 0.15) is 27.2 Å². The van der Waals surface area contributed by atoms with Crippen LogP contribution in [0.5, 0.6) is 5.75 Å². The zero-order valence-electron chi connectivity index (χ0n) is 20.2. The zero-order chi connectivity index (χ0) is 25.3. The maximum atomic E-state index is 13.0. The lowest BCUT2D eigenvalue weighted by atomic mass is 10.1. The van der Waals surface area contributed by atoms with Gasteiger partial charge in [-0.05, 0) is 50.6 Å². The Morgan fingerprint density at radius 2 is 1.71 bits per heavy atom. The van der Waals surface area contributed by atoms with E-state index in [2.05, 4.69) is 0 Å². The maximum Gasteiger partial charge on any atom is 0.375 e. The van der Waals surface area contributed by atoms with Crippen LogP contribution in [0.4, 0.5) is 0 Å². The summed E-state index contributed by atoms with van der Waals surface area (Å²) in [5, 5.41) is 0.726. The van der Waals surface area contributed by atoms with Crippen LogP contribution in [-0.2, 0) is 19.6 Å². The van der Waals surface area contributed by atoms with E-state index in [0.29, 0.717) is 22.5 Å². The van der Waals surface area contributed by atoms with Gasteiger partial charge >= 0.3 is 5.97 Å². The van der Waals surface area contributed by atoms with Gasteiger partial charge in [0, 0.05) is 37.1 Å². The van der Waals surface area contributed by atoms with Gasteiger partial charge in [-0.1, -0.05) is 17.7 Å². The average molecular weight is 501 g/mol. The van der Waals surface area contributed by atoms with Crippen molar-refractivity contribution in [2.24, 2.45) is 0 Å². The van der Waals surface area contributed by atoms with Crippen molar-refractivity contribution in [2.75, 3.05) is 39.9 Å². The number of rotatable bonds is 6. The molecule has 0 radical (unpaired) electrons. The maximum absolute atomic E-state index is 13.0. The number of piperazine rings is 1. The van der Waals surface area contributed by atoms with E-state index < -0.39 is 28.5 Å². The lowest BCUT2D eigenvalue weighted by Gasteiger charge is -2.34. The summed E-state index contributed by atoms with van der Waals surface area (Å²) in [4.78, 5) is 27.0. The van der Waals surface area contributed by atoms with Gasteiger partial charge in [0.05, 0.1) is 12.0 Å². The number of methoxy groups -OCH3 is 1. The first kappa shape index (κ1) is 24.7. The molecule has 1 aromatic heterocycles. The molecule has 0 atom stereocenters. The number of esters is 1. The standard InChI is InChI=1S/C25H28N2O7S/c1-16-5-8-22(17(2)13-16)35(30,31)27-11-9-26(10-12-27)23(28)15-33-25(29)24-18(3)20-14-19(32-4)6-7-21(20)34-24/h5-8,13-14H,9-12,15H2,1-4H3. The first-order valence-corrected chi connectivity index (χ1v) is 12.6. The Kier molecular flexibility index (Phi) is 6.86. The van der Waals surface area contributed by atoms with Crippen molar-refractivity contribution in [2.45, 2.75) is 25.7 Å². The molecule has 186 valence electrons. The third-order valence-corrected chi connectivity index (χ3v) is 8.25. The van der Waals surface area contributed by atoms with Crippen LogP contribution in [0, 0.1) is 20.8 Å². The van der Waals surface area contributed by atoms with E-state index in [1.807, 2.05) is 13.0 Å². The molecule has 2 aromatic carbocycles. The van der Waals surface area contributed by atoms with Crippen LogP contribution < -0.4 is 4.74 Å². The van der Waals surface area contributed by atoms with Crippen molar-refractivity contribution in [3.8, 4) is 5.75 Å². The smallest absolute Gasteiger partial charge is 0.375 e. The predicted octanol–water partition coefficient (Wildman–Crippen LogP) is 3.06. The lowest BCUT2D eigenvalue weighted by Crippen LogP contribution is -2.51. The SMILES string of the molecule is COc1ccc2oc(C(=O)OCC(=O)N3CCN(S(=O)(=O)c4ccc(C)cc4C)CC3)c(C)c2c1. The minimum absolute atomic E-state index is 0.0328. The average Bonchev–Trinajstić information content (AvgIpc) is 3.17. The molecule has 1 aliphatic heterocycles. The van der Waals surface area contributed by atoms with Gasteiger partial charge in [0.25, 0.3) is 5.91 Å². The number of nitrogens with zero attached hydrogens (tertiary/aromatic N) is 2. The van der Waals surface area contributed by atoms with E-state index in [0.717, 1.165) is 10.9 Å². The zero-order valence-corrected chi connectivity index (χ0v) is 21.0. The fraction of sp³-hybridized carbons (Fsp3) is 0.360. The lowest BCUT2D eigenvalue weighted by molar-refractivity contribution is -0.135. The Morgan fingerprint density at radius 1 is 1.00 bits per heavy atom. The molecule has 1 fully saturated rings. The third-order valence-electron chi connectivity index (χ3n) is 6.20. The van der Waals surface area contributed by atoms with E-state index >= 15 is 0 Å². The Balaban J connectivity index is 1.35. The summed E-state index contributed by atoms with van der Waals surface area (Å²) in [5.41, 5.74) is 2.79. The van der Waals surface area contributed by atoms with Gasteiger partial charge in [-0.2, -0.15) is 4.31 Å². The minimum atomic E-state index is -3.65. The molecule has 1 aliphatic rings. The van der Waals surface area contributed by atoms with Crippen molar-refractivity contribution in [3.05, 3.63) is 58.8 Å². The highest BCUT2D eigenvalue weighted by atomic mass is 32.2. The molecule has 1 amide bonds. The van der Waals surface area contributed by atoms with Crippen LogP contribution in [0.15, 0.2) is 45.7 Å². The van der Waals surface area contributed by atoms with E-state index in [-0.39, 0.29) is 36.8 Å². The molecule has 0 aliphatic carbocycles. The normalized spacial score (nSPS) is 14.8. The number of benzene rings is 2. The molecule has 0 N–H and O–H groups in total. The number of sulfonamides is 1. The molecule has 3 aromatic rings. The number of furan rings is 1. The first-order chi connectivity index (χ1) is 16.6. The summed E-state index contributed by atoms with van der Waals surface area (Å²) in [6.07, 6.45) is 0. The van der Waals surface area contributed by atoms with Gasteiger partial charge < -0.3 is 18.8 Å². The third kappa shape index (κ3) is 4.89.